The fourth-order valence-corrected chi connectivity index (χ4v) is 2.27. The first-order chi connectivity index (χ1) is 11.8. The molecule has 0 heterocycles. The molecule has 130 valence electrons. The van der Waals surface area contributed by atoms with Gasteiger partial charge in [0.2, 0.25) is 0 Å². The largest absolute Gasteiger partial charge is 0.482 e. The average Bonchev–Trinajstić information content (AvgIpc) is 2.54. The number of nitro benzene ring substituents is 1. The van der Waals surface area contributed by atoms with E-state index in [1.807, 2.05) is 0 Å². The molecular weight excluding hydrogens is 328 g/mol. The lowest BCUT2D eigenvalue weighted by molar-refractivity contribution is -0.385. The van der Waals surface area contributed by atoms with Crippen LogP contribution < -0.4 is 10.1 Å². The fraction of sp³-hybridized carbons (Fsp3) is 0.176. The van der Waals surface area contributed by atoms with Crippen LogP contribution in [0.5, 0.6) is 5.75 Å². The van der Waals surface area contributed by atoms with E-state index in [9.17, 15) is 19.7 Å². The highest BCUT2D eigenvalue weighted by atomic mass is 16.6. The van der Waals surface area contributed by atoms with E-state index >= 15 is 0 Å². The van der Waals surface area contributed by atoms with Crippen molar-refractivity contribution in [3.63, 3.8) is 0 Å². The van der Waals surface area contributed by atoms with E-state index in [2.05, 4.69) is 5.32 Å². The van der Waals surface area contributed by atoms with Gasteiger partial charge in [0, 0.05) is 22.9 Å². The summed E-state index contributed by atoms with van der Waals surface area (Å²) < 4.78 is 5.07. The number of carbonyl (C=O) groups excluding carboxylic acids is 1. The van der Waals surface area contributed by atoms with Crippen LogP contribution in [0.3, 0.4) is 0 Å². The molecule has 2 rings (SSSR count). The Morgan fingerprint density at radius 2 is 1.96 bits per heavy atom. The van der Waals surface area contributed by atoms with Gasteiger partial charge in [0.25, 0.3) is 11.6 Å². The molecule has 0 atom stereocenters. The van der Waals surface area contributed by atoms with Crippen molar-refractivity contribution >= 4 is 23.3 Å². The number of rotatable bonds is 6. The molecule has 0 bridgehead atoms. The van der Waals surface area contributed by atoms with Gasteiger partial charge in [0.1, 0.15) is 5.75 Å². The quantitative estimate of drug-likeness (QED) is 0.614. The van der Waals surface area contributed by atoms with Crippen molar-refractivity contribution in [2.45, 2.75) is 13.8 Å². The molecule has 8 heteroatoms. The Labute approximate surface area is 143 Å². The number of carbonyl (C=O) groups is 2. The molecule has 25 heavy (non-hydrogen) atoms. The van der Waals surface area contributed by atoms with E-state index in [4.69, 9.17) is 9.84 Å². The van der Waals surface area contributed by atoms with Crippen molar-refractivity contribution in [3.8, 4) is 5.75 Å². The number of hydrogen-bond donors (Lipinski definition) is 2. The summed E-state index contributed by atoms with van der Waals surface area (Å²) in [5.41, 5.74) is 1.53. The van der Waals surface area contributed by atoms with Crippen molar-refractivity contribution in [2.24, 2.45) is 0 Å². The molecule has 2 aromatic carbocycles. The highest BCUT2D eigenvalue weighted by molar-refractivity contribution is 6.06. The van der Waals surface area contributed by atoms with Crippen LogP contribution in [-0.4, -0.2) is 28.5 Å². The van der Waals surface area contributed by atoms with Crippen LogP contribution in [0.25, 0.3) is 0 Å². The Hall–Kier alpha value is -3.42. The summed E-state index contributed by atoms with van der Waals surface area (Å²) in [5.74, 6) is -1.19. The minimum atomic E-state index is -1.09. The molecule has 0 unspecified atom stereocenters. The van der Waals surface area contributed by atoms with Gasteiger partial charge in [0.05, 0.1) is 4.92 Å². The predicted molar refractivity (Wildman–Crippen MR) is 90.1 cm³/mol. The van der Waals surface area contributed by atoms with E-state index in [-0.39, 0.29) is 16.8 Å². The lowest BCUT2D eigenvalue weighted by Gasteiger charge is -2.12. The maximum Gasteiger partial charge on any atom is 0.341 e. The molecule has 0 fully saturated rings. The average molecular weight is 344 g/mol. The number of anilines is 1. The van der Waals surface area contributed by atoms with E-state index in [1.165, 1.54) is 31.2 Å². The summed E-state index contributed by atoms with van der Waals surface area (Å²) in [6.45, 7) is 2.78. The molecule has 2 N–H and O–H groups in total. The second kappa shape index (κ2) is 7.43. The lowest BCUT2D eigenvalue weighted by atomic mass is 10.1. The number of carboxylic acids is 1. The monoisotopic (exact) mass is 344 g/mol. The second-order valence-corrected chi connectivity index (χ2v) is 5.32. The summed E-state index contributed by atoms with van der Waals surface area (Å²) in [7, 11) is 0. The number of aliphatic carboxylic acids is 1. The Bertz CT molecular complexity index is 847. The Morgan fingerprint density at radius 1 is 1.24 bits per heavy atom. The minimum Gasteiger partial charge on any atom is -0.482 e. The first-order valence-corrected chi connectivity index (χ1v) is 7.30. The number of ether oxygens (including phenoxy) is 1. The van der Waals surface area contributed by atoms with Gasteiger partial charge < -0.3 is 15.2 Å². The zero-order valence-electron chi connectivity index (χ0n) is 13.6. The number of amides is 1. The molecule has 0 aliphatic heterocycles. The fourth-order valence-electron chi connectivity index (χ4n) is 2.27. The molecule has 0 radical (unpaired) electrons. The Balaban J connectivity index is 2.20. The lowest BCUT2D eigenvalue weighted by Crippen LogP contribution is -2.15. The van der Waals surface area contributed by atoms with Crippen LogP contribution in [0.4, 0.5) is 11.4 Å². The number of aryl methyl sites for hydroxylation is 1. The van der Waals surface area contributed by atoms with Gasteiger partial charge in [0.15, 0.2) is 6.61 Å². The van der Waals surface area contributed by atoms with E-state index in [1.54, 1.807) is 19.1 Å². The van der Waals surface area contributed by atoms with Crippen LogP contribution >= 0.6 is 0 Å². The molecule has 0 aliphatic carbocycles. The number of nitrogens with one attached hydrogen (secondary N) is 1. The van der Waals surface area contributed by atoms with Crippen LogP contribution in [0.1, 0.15) is 21.5 Å². The number of hydrogen-bond acceptors (Lipinski definition) is 5. The number of carboxylic acid groups (broad SMARTS) is 1. The van der Waals surface area contributed by atoms with Gasteiger partial charge in [-0.3, -0.25) is 14.9 Å². The van der Waals surface area contributed by atoms with Gasteiger partial charge in [-0.25, -0.2) is 4.79 Å². The second-order valence-electron chi connectivity index (χ2n) is 5.32. The maximum absolute atomic E-state index is 12.4. The SMILES string of the molecule is Cc1cc(OCC(=O)O)ccc1NC(=O)c1cccc([N+](=O)[O-])c1C. The molecule has 0 aromatic heterocycles. The van der Waals surface area contributed by atoms with Gasteiger partial charge in [-0.2, -0.15) is 0 Å². The third kappa shape index (κ3) is 4.31. The van der Waals surface area contributed by atoms with E-state index in [0.717, 1.165) is 0 Å². The maximum atomic E-state index is 12.4. The van der Waals surface area contributed by atoms with Crippen molar-refractivity contribution in [1.29, 1.82) is 0 Å². The molecule has 2 aromatic rings. The molecular formula is C17H16N2O6. The predicted octanol–water partition coefficient (Wildman–Crippen LogP) is 2.93. The van der Waals surface area contributed by atoms with Crippen LogP contribution in [0.2, 0.25) is 0 Å². The van der Waals surface area contributed by atoms with E-state index in [0.29, 0.717) is 17.0 Å². The molecule has 0 spiro atoms. The zero-order chi connectivity index (χ0) is 18.6. The number of benzene rings is 2. The first kappa shape index (κ1) is 17.9. The molecule has 0 saturated carbocycles. The Morgan fingerprint density at radius 3 is 2.56 bits per heavy atom. The van der Waals surface area contributed by atoms with Gasteiger partial charge in [-0.05, 0) is 43.7 Å². The molecule has 0 saturated heterocycles. The molecule has 0 aliphatic rings. The summed E-state index contributed by atoms with van der Waals surface area (Å²) in [6.07, 6.45) is 0. The summed E-state index contributed by atoms with van der Waals surface area (Å²) in [5, 5.41) is 22.3. The summed E-state index contributed by atoms with van der Waals surface area (Å²) in [4.78, 5) is 33.4. The molecule has 8 nitrogen and oxygen atoms in total. The highest BCUT2D eigenvalue weighted by Gasteiger charge is 2.18. The summed E-state index contributed by atoms with van der Waals surface area (Å²) in [6, 6.07) is 9.01. The van der Waals surface area contributed by atoms with E-state index < -0.39 is 23.4 Å². The van der Waals surface area contributed by atoms with Crippen LogP contribution in [0, 0.1) is 24.0 Å². The third-order valence-electron chi connectivity index (χ3n) is 3.55. The first-order valence-electron chi connectivity index (χ1n) is 7.30. The summed E-state index contributed by atoms with van der Waals surface area (Å²) >= 11 is 0. The van der Waals surface area contributed by atoms with Gasteiger partial charge >= 0.3 is 5.97 Å². The van der Waals surface area contributed by atoms with Crippen molar-refractivity contribution in [3.05, 3.63) is 63.2 Å². The topological polar surface area (TPSA) is 119 Å². The highest BCUT2D eigenvalue weighted by Crippen LogP contribution is 2.25. The Kier molecular flexibility index (Phi) is 5.33. The smallest absolute Gasteiger partial charge is 0.341 e. The van der Waals surface area contributed by atoms with Gasteiger partial charge in [-0.15, -0.1) is 0 Å². The van der Waals surface area contributed by atoms with Crippen LogP contribution in [-0.2, 0) is 4.79 Å². The molecule has 1 amide bonds. The zero-order valence-corrected chi connectivity index (χ0v) is 13.6. The van der Waals surface area contributed by atoms with Crippen molar-refractivity contribution in [2.75, 3.05) is 11.9 Å². The van der Waals surface area contributed by atoms with Crippen LogP contribution in [0.15, 0.2) is 36.4 Å². The van der Waals surface area contributed by atoms with Crippen molar-refractivity contribution < 1.29 is 24.4 Å². The number of nitro groups is 1. The standard InChI is InChI=1S/C17H16N2O6/c1-10-8-12(25-9-16(20)21)6-7-14(10)18-17(22)13-4-3-5-15(11(13)2)19(23)24/h3-8H,9H2,1-2H3,(H,18,22)(H,20,21). The normalized spacial score (nSPS) is 10.2. The third-order valence-corrected chi connectivity index (χ3v) is 3.55. The van der Waals surface area contributed by atoms with Crippen molar-refractivity contribution in [1.82, 2.24) is 0 Å². The van der Waals surface area contributed by atoms with Gasteiger partial charge in [-0.1, -0.05) is 6.07 Å². The number of nitrogens with zero attached hydrogens (tertiary/aromatic N) is 1. The minimum absolute atomic E-state index is 0.123.